The van der Waals surface area contributed by atoms with E-state index < -0.39 is 6.10 Å². The summed E-state index contributed by atoms with van der Waals surface area (Å²) in [5, 5.41) is 11.1. The maximum absolute atomic E-state index is 10.2. The van der Waals surface area contributed by atoms with Gasteiger partial charge in [0.2, 0.25) is 0 Å². The number of likely N-dealkylation sites (tertiary alicyclic amines) is 1. The number of para-hydroxylation sites is 1. The highest BCUT2D eigenvalue weighted by Crippen LogP contribution is 2.32. The number of hydrogen-bond acceptors (Lipinski definition) is 3. The lowest BCUT2D eigenvalue weighted by Gasteiger charge is -2.36. The second kappa shape index (κ2) is 8.23. The van der Waals surface area contributed by atoms with E-state index >= 15 is 0 Å². The molecule has 5 heteroatoms. The molecule has 3 nitrogen and oxygen atoms in total. The maximum Gasteiger partial charge on any atom is 0.156 e. The molecule has 2 rings (SSSR count). The molecule has 118 valence electrons. The molecule has 1 aliphatic heterocycles. The van der Waals surface area contributed by atoms with Crippen LogP contribution in [0.4, 0.5) is 0 Å². The monoisotopic (exact) mass is 331 g/mol. The summed E-state index contributed by atoms with van der Waals surface area (Å²) in [6.07, 6.45) is 4.31. The lowest BCUT2D eigenvalue weighted by atomic mass is 10.00. The highest BCUT2D eigenvalue weighted by Gasteiger charge is 2.23. The molecule has 1 N–H and O–H groups in total. The van der Waals surface area contributed by atoms with Crippen molar-refractivity contribution in [2.75, 3.05) is 19.7 Å². The standard InChI is InChI=1S/C16H23Cl2NO2/c1-2-12-6-3-4-9-19(12)10-13(20)11-21-16-14(17)7-5-8-15(16)18/h5,7-8,12-13,20H,2-4,6,9-11H2,1H3/t12-,13+/m1/s1. The Bertz CT molecular complexity index is 436. The molecular weight excluding hydrogens is 309 g/mol. The van der Waals surface area contributed by atoms with Crippen LogP contribution in [0.1, 0.15) is 32.6 Å². The van der Waals surface area contributed by atoms with Crippen LogP contribution in [0, 0.1) is 0 Å². The molecular formula is C16H23Cl2NO2. The molecule has 0 unspecified atom stereocenters. The fourth-order valence-electron chi connectivity index (χ4n) is 2.89. The second-order valence-electron chi connectivity index (χ2n) is 5.57. The van der Waals surface area contributed by atoms with Gasteiger partial charge in [-0.05, 0) is 37.9 Å². The van der Waals surface area contributed by atoms with E-state index in [1.807, 2.05) is 0 Å². The third-order valence-corrected chi connectivity index (χ3v) is 4.60. The van der Waals surface area contributed by atoms with Crippen LogP contribution >= 0.6 is 23.2 Å². The van der Waals surface area contributed by atoms with E-state index in [0.29, 0.717) is 28.4 Å². The van der Waals surface area contributed by atoms with E-state index in [4.69, 9.17) is 27.9 Å². The molecule has 1 fully saturated rings. The molecule has 0 amide bonds. The highest BCUT2D eigenvalue weighted by molar-refractivity contribution is 6.37. The summed E-state index contributed by atoms with van der Waals surface area (Å²) in [5.41, 5.74) is 0. The normalized spacial score (nSPS) is 21.2. The SMILES string of the molecule is CC[C@@H]1CCCCN1C[C@H](O)COc1c(Cl)cccc1Cl. The second-order valence-corrected chi connectivity index (χ2v) is 6.38. The van der Waals surface area contributed by atoms with Gasteiger partial charge in [-0.15, -0.1) is 0 Å². The topological polar surface area (TPSA) is 32.7 Å². The first kappa shape index (κ1) is 16.9. The third kappa shape index (κ3) is 4.75. The summed E-state index contributed by atoms with van der Waals surface area (Å²) in [4.78, 5) is 2.37. The summed E-state index contributed by atoms with van der Waals surface area (Å²) < 4.78 is 5.60. The van der Waals surface area contributed by atoms with Crippen LogP contribution in [-0.2, 0) is 0 Å². The smallest absolute Gasteiger partial charge is 0.156 e. The lowest BCUT2D eigenvalue weighted by molar-refractivity contribution is 0.0388. The van der Waals surface area contributed by atoms with Crippen molar-refractivity contribution < 1.29 is 9.84 Å². The Morgan fingerprint density at radius 2 is 2.05 bits per heavy atom. The Balaban J connectivity index is 1.85. The van der Waals surface area contributed by atoms with Crippen LogP contribution in [0.2, 0.25) is 10.0 Å². The molecule has 1 aromatic carbocycles. The summed E-state index contributed by atoms with van der Waals surface area (Å²) >= 11 is 12.1. The van der Waals surface area contributed by atoms with Gasteiger partial charge in [-0.25, -0.2) is 0 Å². The Labute approximate surface area is 136 Å². The summed E-state index contributed by atoms with van der Waals surface area (Å²) in [6.45, 7) is 4.11. The minimum absolute atomic E-state index is 0.205. The zero-order valence-electron chi connectivity index (χ0n) is 12.4. The van der Waals surface area contributed by atoms with Crippen molar-refractivity contribution in [3.63, 3.8) is 0 Å². The van der Waals surface area contributed by atoms with Crippen LogP contribution in [-0.4, -0.2) is 41.8 Å². The van der Waals surface area contributed by atoms with Crippen LogP contribution in [0.15, 0.2) is 18.2 Å². The quantitative estimate of drug-likeness (QED) is 0.855. The number of aliphatic hydroxyl groups excluding tert-OH is 1. The van der Waals surface area contributed by atoms with Crippen molar-refractivity contribution in [2.45, 2.75) is 44.8 Å². The van der Waals surface area contributed by atoms with Gasteiger partial charge in [-0.2, -0.15) is 0 Å². The number of benzene rings is 1. The Kier molecular flexibility index (Phi) is 6.62. The van der Waals surface area contributed by atoms with Crippen LogP contribution in [0.5, 0.6) is 5.75 Å². The predicted octanol–water partition coefficient (Wildman–Crippen LogP) is 4.00. The molecule has 0 spiro atoms. The number of ether oxygens (including phenoxy) is 1. The molecule has 0 bridgehead atoms. The molecule has 1 aromatic rings. The first-order valence-corrected chi connectivity index (χ1v) is 8.36. The van der Waals surface area contributed by atoms with Crippen molar-refractivity contribution in [3.8, 4) is 5.75 Å². The number of piperidine rings is 1. The van der Waals surface area contributed by atoms with Crippen molar-refractivity contribution in [3.05, 3.63) is 28.2 Å². The largest absolute Gasteiger partial charge is 0.488 e. The summed E-state index contributed by atoms with van der Waals surface area (Å²) in [7, 11) is 0. The first-order valence-electron chi connectivity index (χ1n) is 7.60. The Hall–Kier alpha value is -0.480. The molecule has 1 aliphatic rings. The minimum atomic E-state index is -0.538. The first-order chi connectivity index (χ1) is 10.1. The average Bonchev–Trinajstić information content (AvgIpc) is 2.47. The molecule has 0 radical (unpaired) electrons. The van der Waals surface area contributed by atoms with E-state index in [9.17, 15) is 5.11 Å². The van der Waals surface area contributed by atoms with Crippen molar-refractivity contribution in [2.24, 2.45) is 0 Å². The van der Waals surface area contributed by atoms with Crippen molar-refractivity contribution >= 4 is 23.2 Å². The molecule has 0 aromatic heterocycles. The summed E-state index contributed by atoms with van der Waals surface area (Å²) in [5.74, 6) is 0.450. The van der Waals surface area contributed by atoms with Gasteiger partial charge in [0.15, 0.2) is 5.75 Å². The third-order valence-electron chi connectivity index (χ3n) is 4.00. The molecule has 21 heavy (non-hydrogen) atoms. The van der Waals surface area contributed by atoms with E-state index in [1.165, 1.54) is 19.3 Å². The summed E-state index contributed by atoms with van der Waals surface area (Å²) in [6, 6.07) is 5.81. The van der Waals surface area contributed by atoms with E-state index in [0.717, 1.165) is 13.0 Å². The van der Waals surface area contributed by atoms with Gasteiger partial charge in [-0.1, -0.05) is 42.6 Å². The molecule has 1 heterocycles. The number of halogens is 2. The van der Waals surface area contributed by atoms with Gasteiger partial charge in [0.1, 0.15) is 12.7 Å². The maximum atomic E-state index is 10.2. The van der Waals surface area contributed by atoms with Gasteiger partial charge in [0.25, 0.3) is 0 Å². The number of nitrogens with zero attached hydrogens (tertiary/aromatic N) is 1. The van der Waals surface area contributed by atoms with Gasteiger partial charge < -0.3 is 9.84 Å². The molecule has 0 aliphatic carbocycles. The number of rotatable bonds is 6. The molecule has 2 atom stereocenters. The molecule has 0 saturated carbocycles. The number of β-amino-alcohol motifs (C(OH)–C–C–N with tert-alkyl or cyclic N) is 1. The van der Waals surface area contributed by atoms with Crippen LogP contribution < -0.4 is 4.74 Å². The van der Waals surface area contributed by atoms with Crippen molar-refractivity contribution in [1.82, 2.24) is 4.90 Å². The number of aliphatic hydroxyl groups is 1. The highest BCUT2D eigenvalue weighted by atomic mass is 35.5. The Morgan fingerprint density at radius 3 is 2.71 bits per heavy atom. The predicted molar refractivity (Wildman–Crippen MR) is 87.5 cm³/mol. The van der Waals surface area contributed by atoms with E-state index in [-0.39, 0.29) is 6.61 Å². The van der Waals surface area contributed by atoms with Crippen LogP contribution in [0.3, 0.4) is 0 Å². The van der Waals surface area contributed by atoms with Gasteiger partial charge in [-0.3, -0.25) is 4.90 Å². The van der Waals surface area contributed by atoms with Crippen molar-refractivity contribution in [1.29, 1.82) is 0 Å². The van der Waals surface area contributed by atoms with Gasteiger partial charge >= 0.3 is 0 Å². The minimum Gasteiger partial charge on any atom is -0.488 e. The average molecular weight is 332 g/mol. The number of hydrogen-bond donors (Lipinski definition) is 1. The van der Waals surface area contributed by atoms with E-state index in [1.54, 1.807) is 18.2 Å². The Morgan fingerprint density at radius 1 is 1.33 bits per heavy atom. The lowest BCUT2D eigenvalue weighted by Crippen LogP contribution is -2.44. The molecule has 1 saturated heterocycles. The van der Waals surface area contributed by atoms with Gasteiger partial charge in [0, 0.05) is 12.6 Å². The fourth-order valence-corrected chi connectivity index (χ4v) is 3.39. The fraction of sp³-hybridized carbons (Fsp3) is 0.625. The van der Waals surface area contributed by atoms with E-state index in [2.05, 4.69) is 11.8 Å². The van der Waals surface area contributed by atoms with Gasteiger partial charge in [0.05, 0.1) is 10.0 Å². The zero-order chi connectivity index (χ0) is 15.2. The zero-order valence-corrected chi connectivity index (χ0v) is 13.9. The van der Waals surface area contributed by atoms with Crippen LogP contribution in [0.25, 0.3) is 0 Å².